The molecular formula is C16H23ClN2O5S. The molecule has 1 aromatic carbocycles. The van der Waals surface area contributed by atoms with Crippen LogP contribution in [0.15, 0.2) is 23.1 Å². The van der Waals surface area contributed by atoms with Gasteiger partial charge in [-0.05, 0) is 31.0 Å². The second-order valence-corrected chi connectivity index (χ2v) is 8.02. The van der Waals surface area contributed by atoms with Gasteiger partial charge in [-0.2, -0.15) is 4.31 Å². The van der Waals surface area contributed by atoms with Crippen molar-refractivity contribution < 1.29 is 22.7 Å². The van der Waals surface area contributed by atoms with E-state index in [1.807, 2.05) is 0 Å². The molecule has 1 fully saturated rings. The minimum atomic E-state index is -3.67. The third kappa shape index (κ3) is 5.65. The summed E-state index contributed by atoms with van der Waals surface area (Å²) in [5.41, 5.74) is 0.361. The Balaban J connectivity index is 2.07. The molecule has 0 radical (unpaired) electrons. The predicted molar refractivity (Wildman–Crippen MR) is 95.4 cm³/mol. The van der Waals surface area contributed by atoms with Crippen LogP contribution >= 0.6 is 11.6 Å². The summed E-state index contributed by atoms with van der Waals surface area (Å²) in [7, 11) is -2.13. The number of benzene rings is 1. The number of ether oxygens (including phenoxy) is 2. The maximum absolute atomic E-state index is 12.8. The zero-order valence-corrected chi connectivity index (χ0v) is 15.7. The van der Waals surface area contributed by atoms with Gasteiger partial charge in [0.2, 0.25) is 15.9 Å². The van der Waals surface area contributed by atoms with E-state index in [-0.39, 0.29) is 22.4 Å². The number of hydrogen-bond donors (Lipinski definition) is 1. The Labute approximate surface area is 153 Å². The molecule has 2 rings (SSSR count). The summed E-state index contributed by atoms with van der Waals surface area (Å²) in [6.07, 6.45) is 2.71. The van der Waals surface area contributed by atoms with Gasteiger partial charge >= 0.3 is 0 Å². The molecule has 0 saturated carbocycles. The molecule has 0 spiro atoms. The van der Waals surface area contributed by atoms with E-state index < -0.39 is 10.0 Å². The highest BCUT2D eigenvalue weighted by Gasteiger charge is 2.28. The zero-order chi connectivity index (χ0) is 18.3. The number of amides is 1. The molecule has 140 valence electrons. The Kier molecular flexibility index (Phi) is 7.64. The molecule has 1 aromatic rings. The molecule has 0 bridgehead atoms. The number of sulfonamides is 1. The molecule has 1 amide bonds. The van der Waals surface area contributed by atoms with Crippen LogP contribution in [0.25, 0.3) is 0 Å². The smallest absolute Gasteiger partial charge is 0.250 e. The quantitative estimate of drug-likeness (QED) is 0.687. The number of methoxy groups -OCH3 is 1. The third-order valence-electron chi connectivity index (χ3n) is 3.81. The van der Waals surface area contributed by atoms with Gasteiger partial charge in [0.05, 0.1) is 18.2 Å². The molecule has 0 atom stereocenters. The molecule has 1 aliphatic rings. The average molecular weight is 391 g/mol. The lowest BCUT2D eigenvalue weighted by atomic mass is 10.2. The van der Waals surface area contributed by atoms with Crippen molar-refractivity contribution in [2.24, 2.45) is 0 Å². The van der Waals surface area contributed by atoms with E-state index in [1.165, 1.54) is 16.4 Å². The topological polar surface area (TPSA) is 84.9 Å². The summed E-state index contributed by atoms with van der Waals surface area (Å²) < 4.78 is 37.0. The summed E-state index contributed by atoms with van der Waals surface area (Å²) in [4.78, 5) is 11.9. The van der Waals surface area contributed by atoms with Gasteiger partial charge in [-0.1, -0.05) is 18.0 Å². The maximum Gasteiger partial charge on any atom is 0.250 e. The first-order chi connectivity index (χ1) is 11.9. The van der Waals surface area contributed by atoms with Crippen molar-refractivity contribution in [2.75, 3.05) is 45.3 Å². The second-order valence-electron chi connectivity index (χ2n) is 5.70. The van der Waals surface area contributed by atoms with E-state index >= 15 is 0 Å². The van der Waals surface area contributed by atoms with Crippen molar-refractivity contribution in [3.8, 4) is 0 Å². The monoisotopic (exact) mass is 390 g/mol. The Morgan fingerprint density at radius 3 is 2.64 bits per heavy atom. The van der Waals surface area contributed by atoms with Gasteiger partial charge in [0.1, 0.15) is 11.5 Å². The number of piperidine rings is 1. The van der Waals surface area contributed by atoms with Crippen LogP contribution in [0.5, 0.6) is 0 Å². The summed E-state index contributed by atoms with van der Waals surface area (Å²) >= 11 is 6.10. The molecule has 1 heterocycles. The Morgan fingerprint density at radius 1 is 1.24 bits per heavy atom. The first-order valence-corrected chi connectivity index (χ1v) is 9.93. The number of carbonyl (C=O) groups is 1. The highest BCUT2D eigenvalue weighted by atomic mass is 35.5. The highest BCUT2D eigenvalue weighted by Crippen LogP contribution is 2.29. The molecule has 1 aliphatic heterocycles. The van der Waals surface area contributed by atoms with Gasteiger partial charge in [-0.3, -0.25) is 4.79 Å². The number of halogens is 1. The predicted octanol–water partition coefficient (Wildman–Crippen LogP) is 2.12. The Morgan fingerprint density at radius 2 is 1.96 bits per heavy atom. The lowest BCUT2D eigenvalue weighted by Crippen LogP contribution is -2.35. The molecule has 1 N–H and O–H groups in total. The fourth-order valence-corrected chi connectivity index (χ4v) is 4.54. The number of carbonyl (C=O) groups excluding carboxylic acids is 1. The SMILES string of the molecule is COCCOCC(=O)Nc1ccc(Cl)c(S(=O)(=O)N2CCCCC2)c1. The van der Waals surface area contributed by atoms with Gasteiger partial charge < -0.3 is 14.8 Å². The summed E-state index contributed by atoms with van der Waals surface area (Å²) in [5, 5.41) is 2.75. The number of anilines is 1. The number of rotatable bonds is 8. The normalized spacial score (nSPS) is 15.9. The first-order valence-electron chi connectivity index (χ1n) is 8.11. The van der Waals surface area contributed by atoms with Gasteiger partial charge in [-0.25, -0.2) is 8.42 Å². The number of nitrogens with zero attached hydrogens (tertiary/aromatic N) is 1. The largest absolute Gasteiger partial charge is 0.382 e. The summed E-state index contributed by atoms with van der Waals surface area (Å²) in [5.74, 6) is -0.375. The van der Waals surface area contributed by atoms with Crippen LogP contribution in [0.3, 0.4) is 0 Å². The molecule has 0 unspecified atom stereocenters. The van der Waals surface area contributed by atoms with Crippen molar-refractivity contribution in [1.29, 1.82) is 0 Å². The van der Waals surface area contributed by atoms with Crippen LogP contribution in [-0.2, 0) is 24.3 Å². The van der Waals surface area contributed by atoms with Gasteiger partial charge in [0, 0.05) is 25.9 Å². The molecule has 0 aliphatic carbocycles. The number of nitrogens with one attached hydrogen (secondary N) is 1. The Hall–Kier alpha value is -1.19. The minimum Gasteiger partial charge on any atom is -0.382 e. The molecular weight excluding hydrogens is 368 g/mol. The molecule has 1 saturated heterocycles. The molecule has 7 nitrogen and oxygen atoms in total. The standard InChI is InChI=1S/C16H23ClN2O5S/c1-23-9-10-24-12-16(20)18-13-5-6-14(17)15(11-13)25(21,22)19-7-3-2-4-8-19/h5-6,11H,2-4,7-10,12H2,1H3,(H,18,20). The van der Waals surface area contributed by atoms with Crippen LogP contribution in [0.4, 0.5) is 5.69 Å². The minimum absolute atomic E-state index is 0.00849. The van der Waals surface area contributed by atoms with Crippen LogP contribution in [0.1, 0.15) is 19.3 Å². The van der Waals surface area contributed by atoms with E-state index in [2.05, 4.69) is 5.32 Å². The van der Waals surface area contributed by atoms with Crippen molar-refractivity contribution in [3.05, 3.63) is 23.2 Å². The molecule has 25 heavy (non-hydrogen) atoms. The van der Waals surface area contributed by atoms with Crippen molar-refractivity contribution in [1.82, 2.24) is 4.31 Å². The Bertz CT molecular complexity index is 690. The van der Waals surface area contributed by atoms with E-state index in [9.17, 15) is 13.2 Å². The van der Waals surface area contributed by atoms with Crippen molar-refractivity contribution in [2.45, 2.75) is 24.2 Å². The molecule has 9 heteroatoms. The summed E-state index contributed by atoms with van der Waals surface area (Å²) in [6.45, 7) is 1.54. The van der Waals surface area contributed by atoms with Crippen LogP contribution < -0.4 is 5.32 Å². The second kappa shape index (κ2) is 9.49. The zero-order valence-electron chi connectivity index (χ0n) is 14.2. The van der Waals surface area contributed by atoms with Crippen LogP contribution in [0, 0.1) is 0 Å². The van der Waals surface area contributed by atoms with E-state index in [4.69, 9.17) is 21.1 Å². The van der Waals surface area contributed by atoms with Crippen molar-refractivity contribution >= 4 is 33.2 Å². The van der Waals surface area contributed by atoms with E-state index in [1.54, 1.807) is 13.2 Å². The van der Waals surface area contributed by atoms with E-state index in [0.717, 1.165) is 19.3 Å². The maximum atomic E-state index is 12.8. The van der Waals surface area contributed by atoms with Gasteiger partial charge in [-0.15, -0.1) is 0 Å². The van der Waals surface area contributed by atoms with Crippen LogP contribution in [-0.4, -0.2) is 58.7 Å². The van der Waals surface area contributed by atoms with Gasteiger partial charge in [0.25, 0.3) is 0 Å². The molecule has 0 aromatic heterocycles. The lowest BCUT2D eigenvalue weighted by molar-refractivity contribution is -0.121. The lowest BCUT2D eigenvalue weighted by Gasteiger charge is -2.26. The van der Waals surface area contributed by atoms with Crippen molar-refractivity contribution in [3.63, 3.8) is 0 Å². The fourth-order valence-electron chi connectivity index (χ4n) is 2.53. The average Bonchev–Trinajstić information content (AvgIpc) is 2.61. The highest BCUT2D eigenvalue weighted by molar-refractivity contribution is 7.89. The number of hydrogen-bond acceptors (Lipinski definition) is 5. The first kappa shape index (κ1) is 20.1. The third-order valence-corrected chi connectivity index (χ3v) is 6.19. The fraction of sp³-hybridized carbons (Fsp3) is 0.562. The van der Waals surface area contributed by atoms with Crippen LogP contribution in [0.2, 0.25) is 5.02 Å². The van der Waals surface area contributed by atoms with Gasteiger partial charge in [0.15, 0.2) is 0 Å². The van der Waals surface area contributed by atoms with E-state index in [0.29, 0.717) is 32.0 Å². The summed E-state index contributed by atoms with van der Waals surface area (Å²) in [6, 6.07) is 4.42.